The summed E-state index contributed by atoms with van der Waals surface area (Å²) < 4.78 is 0. The fourth-order valence-electron chi connectivity index (χ4n) is 3.55. The summed E-state index contributed by atoms with van der Waals surface area (Å²) in [6.07, 6.45) is 0. The van der Waals surface area contributed by atoms with Crippen LogP contribution >= 0.6 is 0 Å². The molecule has 0 aliphatic heterocycles. The van der Waals surface area contributed by atoms with Crippen molar-refractivity contribution in [1.82, 2.24) is 9.97 Å². The molecule has 3 heteroatoms. The van der Waals surface area contributed by atoms with Crippen molar-refractivity contribution in [3.05, 3.63) is 91.0 Å². The second kappa shape index (κ2) is 6.22. The summed E-state index contributed by atoms with van der Waals surface area (Å²) in [7, 11) is 0. The maximum atomic E-state index is 6.07. The molecule has 5 rings (SSSR count). The highest BCUT2D eigenvalue weighted by atomic mass is 15.0. The lowest BCUT2D eigenvalue weighted by Crippen LogP contribution is -1.99. The Morgan fingerprint density at radius 3 is 2.15 bits per heavy atom. The molecule has 5 aromatic rings. The molecule has 4 aromatic carbocycles. The van der Waals surface area contributed by atoms with Crippen molar-refractivity contribution in [1.29, 1.82) is 0 Å². The zero-order valence-electron chi connectivity index (χ0n) is 14.6. The molecule has 2 N–H and O–H groups in total. The Balaban J connectivity index is 1.70. The minimum Gasteiger partial charge on any atom is -0.368 e. The first-order valence-electron chi connectivity index (χ1n) is 8.90. The van der Waals surface area contributed by atoms with Gasteiger partial charge in [-0.25, -0.2) is 9.97 Å². The third kappa shape index (κ3) is 2.79. The van der Waals surface area contributed by atoms with Crippen LogP contribution in [-0.4, -0.2) is 9.97 Å². The van der Waals surface area contributed by atoms with Crippen LogP contribution in [0.25, 0.3) is 44.1 Å². The highest BCUT2D eigenvalue weighted by molar-refractivity contribution is 5.96. The van der Waals surface area contributed by atoms with Crippen LogP contribution in [0.3, 0.4) is 0 Å². The number of anilines is 1. The van der Waals surface area contributed by atoms with Gasteiger partial charge in [-0.05, 0) is 33.7 Å². The molecule has 3 nitrogen and oxygen atoms in total. The minimum absolute atomic E-state index is 0.281. The van der Waals surface area contributed by atoms with E-state index >= 15 is 0 Å². The lowest BCUT2D eigenvalue weighted by Gasteiger charge is -2.10. The molecule has 1 aromatic heterocycles. The van der Waals surface area contributed by atoms with Crippen molar-refractivity contribution in [2.24, 2.45) is 0 Å². The van der Waals surface area contributed by atoms with E-state index < -0.39 is 0 Å². The lowest BCUT2D eigenvalue weighted by molar-refractivity contribution is 1.20. The molecule has 27 heavy (non-hydrogen) atoms. The predicted molar refractivity (Wildman–Crippen MR) is 112 cm³/mol. The van der Waals surface area contributed by atoms with Gasteiger partial charge in [0.05, 0.1) is 11.4 Å². The average molecular weight is 347 g/mol. The van der Waals surface area contributed by atoms with Crippen molar-refractivity contribution in [2.45, 2.75) is 0 Å². The first-order valence-corrected chi connectivity index (χ1v) is 8.90. The predicted octanol–water partition coefficient (Wildman–Crippen LogP) is 5.70. The van der Waals surface area contributed by atoms with Crippen LogP contribution < -0.4 is 5.73 Å². The first kappa shape index (κ1) is 15.5. The Kier molecular flexibility index (Phi) is 3.58. The van der Waals surface area contributed by atoms with Crippen molar-refractivity contribution < 1.29 is 0 Å². The van der Waals surface area contributed by atoms with E-state index in [0.29, 0.717) is 0 Å². The van der Waals surface area contributed by atoms with Gasteiger partial charge in [-0.1, -0.05) is 78.9 Å². The molecule has 0 saturated heterocycles. The largest absolute Gasteiger partial charge is 0.368 e. The highest BCUT2D eigenvalue weighted by Crippen LogP contribution is 2.31. The summed E-state index contributed by atoms with van der Waals surface area (Å²) >= 11 is 0. The summed E-state index contributed by atoms with van der Waals surface area (Å²) in [6.45, 7) is 0. The second-order valence-electron chi connectivity index (χ2n) is 6.59. The number of nitrogens with two attached hydrogens (primary N) is 1. The normalized spacial score (nSPS) is 11.1. The molecule has 0 bridgehead atoms. The molecular formula is C24H17N3. The van der Waals surface area contributed by atoms with Crippen LogP contribution in [-0.2, 0) is 0 Å². The van der Waals surface area contributed by atoms with Crippen molar-refractivity contribution in [2.75, 3.05) is 5.73 Å². The zero-order valence-corrected chi connectivity index (χ0v) is 14.6. The number of benzene rings is 4. The summed E-state index contributed by atoms with van der Waals surface area (Å²) in [5.41, 5.74) is 9.83. The number of fused-ring (bicyclic) bond motifs is 2. The third-order valence-electron chi connectivity index (χ3n) is 4.85. The number of hydrogen-bond donors (Lipinski definition) is 1. The summed E-state index contributed by atoms with van der Waals surface area (Å²) in [5, 5.41) is 4.72. The van der Waals surface area contributed by atoms with Gasteiger partial charge in [0.25, 0.3) is 0 Å². The Morgan fingerprint density at radius 2 is 1.26 bits per heavy atom. The van der Waals surface area contributed by atoms with E-state index in [2.05, 4.69) is 64.6 Å². The van der Waals surface area contributed by atoms with Gasteiger partial charge in [-0.15, -0.1) is 0 Å². The molecule has 0 aliphatic rings. The van der Waals surface area contributed by atoms with Crippen molar-refractivity contribution in [3.8, 4) is 22.5 Å². The van der Waals surface area contributed by atoms with Crippen LogP contribution in [0, 0.1) is 0 Å². The van der Waals surface area contributed by atoms with E-state index in [1.54, 1.807) is 0 Å². The highest BCUT2D eigenvalue weighted by Gasteiger charge is 2.10. The van der Waals surface area contributed by atoms with Crippen LogP contribution in [0.5, 0.6) is 0 Å². The lowest BCUT2D eigenvalue weighted by atomic mass is 10.00. The van der Waals surface area contributed by atoms with E-state index in [-0.39, 0.29) is 5.95 Å². The Hall–Kier alpha value is -3.72. The number of aromatic nitrogens is 2. The Morgan fingerprint density at radius 1 is 0.556 bits per heavy atom. The molecule has 0 unspecified atom stereocenters. The quantitative estimate of drug-likeness (QED) is 0.446. The average Bonchev–Trinajstić information content (AvgIpc) is 2.72. The SMILES string of the molecule is Nc1nc(-c2ccc3ccccc3c2)cc(-c2cccc3ccccc23)n1. The van der Waals surface area contributed by atoms with Crippen LogP contribution in [0.1, 0.15) is 0 Å². The minimum atomic E-state index is 0.281. The van der Waals surface area contributed by atoms with Gasteiger partial charge in [0.1, 0.15) is 0 Å². The van der Waals surface area contributed by atoms with Gasteiger partial charge in [-0.3, -0.25) is 0 Å². The maximum Gasteiger partial charge on any atom is 0.221 e. The fourth-order valence-corrected chi connectivity index (χ4v) is 3.55. The van der Waals surface area contributed by atoms with E-state index in [0.717, 1.165) is 27.9 Å². The van der Waals surface area contributed by atoms with Gasteiger partial charge in [0.2, 0.25) is 5.95 Å². The standard InChI is InChI=1S/C24H17N3/c25-24-26-22(19-13-12-16-6-1-2-8-18(16)14-19)15-23(27-24)21-11-5-9-17-7-3-4-10-20(17)21/h1-15H,(H2,25,26,27). The molecule has 0 aliphatic carbocycles. The fraction of sp³-hybridized carbons (Fsp3) is 0. The molecule has 0 fully saturated rings. The molecular weight excluding hydrogens is 330 g/mol. The van der Waals surface area contributed by atoms with Crippen LogP contribution in [0.4, 0.5) is 5.95 Å². The molecule has 0 saturated carbocycles. The first-order chi connectivity index (χ1) is 13.3. The summed E-state index contributed by atoms with van der Waals surface area (Å²) in [4.78, 5) is 8.99. The van der Waals surface area contributed by atoms with E-state index in [4.69, 9.17) is 5.73 Å². The van der Waals surface area contributed by atoms with Gasteiger partial charge in [0.15, 0.2) is 0 Å². The van der Waals surface area contributed by atoms with Gasteiger partial charge >= 0.3 is 0 Å². The second-order valence-corrected chi connectivity index (χ2v) is 6.59. The smallest absolute Gasteiger partial charge is 0.221 e. The van der Waals surface area contributed by atoms with Crippen LogP contribution in [0.2, 0.25) is 0 Å². The molecule has 128 valence electrons. The third-order valence-corrected chi connectivity index (χ3v) is 4.85. The summed E-state index contributed by atoms with van der Waals surface area (Å²) in [6, 6.07) is 31.2. The topological polar surface area (TPSA) is 51.8 Å². The number of hydrogen-bond acceptors (Lipinski definition) is 3. The molecule has 0 amide bonds. The van der Waals surface area contributed by atoms with Crippen molar-refractivity contribution in [3.63, 3.8) is 0 Å². The number of nitrogen functional groups attached to an aromatic ring is 1. The summed E-state index contributed by atoms with van der Waals surface area (Å²) in [5.74, 6) is 0.281. The monoisotopic (exact) mass is 347 g/mol. The van der Waals surface area contributed by atoms with Gasteiger partial charge in [-0.2, -0.15) is 0 Å². The van der Waals surface area contributed by atoms with Crippen molar-refractivity contribution >= 4 is 27.5 Å². The molecule has 0 spiro atoms. The molecule has 0 atom stereocenters. The van der Waals surface area contributed by atoms with Crippen LogP contribution in [0.15, 0.2) is 91.0 Å². The van der Waals surface area contributed by atoms with E-state index in [1.165, 1.54) is 16.2 Å². The number of rotatable bonds is 2. The van der Waals surface area contributed by atoms with Gasteiger partial charge < -0.3 is 5.73 Å². The molecule has 1 heterocycles. The molecule has 0 radical (unpaired) electrons. The van der Waals surface area contributed by atoms with E-state index in [1.807, 2.05) is 36.4 Å². The number of nitrogens with zero attached hydrogens (tertiary/aromatic N) is 2. The zero-order chi connectivity index (χ0) is 18.2. The van der Waals surface area contributed by atoms with E-state index in [9.17, 15) is 0 Å². The maximum absolute atomic E-state index is 6.07. The van der Waals surface area contributed by atoms with Gasteiger partial charge in [0, 0.05) is 11.1 Å². The Labute approximate surface area is 157 Å². The Bertz CT molecular complexity index is 1290.